The minimum Gasteiger partial charge on any atom is -0.494 e. The van der Waals surface area contributed by atoms with Crippen LogP contribution >= 0.6 is 0 Å². The molecule has 0 saturated heterocycles. The third-order valence-electron chi connectivity index (χ3n) is 4.67. The van der Waals surface area contributed by atoms with Gasteiger partial charge in [0.1, 0.15) is 17.1 Å². The zero-order valence-electron chi connectivity index (χ0n) is 18.5. The van der Waals surface area contributed by atoms with Crippen LogP contribution in [0.2, 0.25) is 0 Å². The van der Waals surface area contributed by atoms with Gasteiger partial charge in [0, 0.05) is 23.6 Å². The average molecular weight is 445 g/mol. The Hall–Kier alpha value is -3.29. The first-order chi connectivity index (χ1) is 15.1. The number of benzene rings is 2. The summed E-state index contributed by atoms with van der Waals surface area (Å²) < 4.78 is 46.2. The zero-order chi connectivity index (χ0) is 23.4. The molecule has 0 amide bonds. The second-order valence-corrected chi connectivity index (χ2v) is 8.41. The second-order valence-electron chi connectivity index (χ2n) is 8.41. The van der Waals surface area contributed by atoms with Crippen LogP contribution in [0.4, 0.5) is 36.3 Å². The van der Waals surface area contributed by atoms with Crippen molar-refractivity contribution < 1.29 is 17.9 Å². The van der Waals surface area contributed by atoms with Crippen LogP contribution in [-0.2, 0) is 11.6 Å². The Kier molecular flexibility index (Phi) is 6.91. The third-order valence-corrected chi connectivity index (χ3v) is 4.67. The average Bonchev–Trinajstić information content (AvgIpc) is 2.71. The Bertz CT molecular complexity index is 1040. The van der Waals surface area contributed by atoms with E-state index in [0.717, 1.165) is 18.2 Å². The van der Waals surface area contributed by atoms with E-state index in [1.54, 1.807) is 24.3 Å². The molecule has 0 aliphatic heterocycles. The van der Waals surface area contributed by atoms with Gasteiger partial charge in [0.15, 0.2) is 0 Å². The number of ether oxygens (including phenoxy) is 1. The minimum atomic E-state index is -4.61. The molecule has 2 aromatic carbocycles. The van der Waals surface area contributed by atoms with Gasteiger partial charge in [-0.3, -0.25) is 0 Å². The molecule has 0 spiro atoms. The first kappa shape index (κ1) is 23.4. The SMILES string of the molecule is CCCOc1cccc(Nc2nc(Nc3ccc(C(C)(C)C)cc3)ncc2C(F)(F)F)c1. The number of nitrogens with zero attached hydrogens (tertiary/aromatic N) is 2. The molecule has 0 atom stereocenters. The number of nitrogens with one attached hydrogen (secondary N) is 2. The summed E-state index contributed by atoms with van der Waals surface area (Å²) in [4.78, 5) is 7.96. The number of aromatic nitrogens is 2. The molecule has 0 bridgehead atoms. The highest BCUT2D eigenvalue weighted by molar-refractivity contribution is 5.64. The van der Waals surface area contributed by atoms with Gasteiger partial charge in [0.2, 0.25) is 5.95 Å². The van der Waals surface area contributed by atoms with E-state index < -0.39 is 11.7 Å². The Balaban J connectivity index is 1.87. The fraction of sp³-hybridized carbons (Fsp3) is 0.333. The second kappa shape index (κ2) is 9.46. The molecule has 0 aliphatic carbocycles. The molecule has 3 aromatic rings. The number of alkyl halides is 3. The number of halogens is 3. The Labute approximate surface area is 186 Å². The first-order valence-corrected chi connectivity index (χ1v) is 10.4. The summed E-state index contributed by atoms with van der Waals surface area (Å²) in [5.41, 5.74) is 1.30. The Morgan fingerprint density at radius 2 is 1.66 bits per heavy atom. The van der Waals surface area contributed by atoms with E-state index in [1.807, 2.05) is 31.2 Å². The number of hydrogen-bond acceptors (Lipinski definition) is 5. The topological polar surface area (TPSA) is 59.1 Å². The predicted molar refractivity (Wildman–Crippen MR) is 121 cm³/mol. The largest absolute Gasteiger partial charge is 0.494 e. The van der Waals surface area contributed by atoms with Crippen molar-refractivity contribution in [1.29, 1.82) is 0 Å². The van der Waals surface area contributed by atoms with Crippen LogP contribution in [0.15, 0.2) is 54.7 Å². The van der Waals surface area contributed by atoms with Crippen molar-refractivity contribution in [1.82, 2.24) is 9.97 Å². The van der Waals surface area contributed by atoms with Crippen molar-refractivity contribution in [2.75, 3.05) is 17.2 Å². The molecule has 5 nitrogen and oxygen atoms in total. The summed E-state index contributed by atoms with van der Waals surface area (Å²) in [6.45, 7) is 8.81. The molecule has 0 unspecified atom stereocenters. The summed E-state index contributed by atoms with van der Waals surface area (Å²) in [6.07, 6.45) is -3.00. The lowest BCUT2D eigenvalue weighted by Crippen LogP contribution is -2.13. The monoisotopic (exact) mass is 444 g/mol. The van der Waals surface area contributed by atoms with Gasteiger partial charge in [0.25, 0.3) is 0 Å². The number of rotatable bonds is 7. The van der Waals surface area contributed by atoms with Crippen molar-refractivity contribution in [2.45, 2.75) is 45.7 Å². The molecule has 3 rings (SSSR count). The van der Waals surface area contributed by atoms with Crippen molar-refractivity contribution >= 4 is 23.1 Å². The van der Waals surface area contributed by atoms with E-state index >= 15 is 0 Å². The van der Waals surface area contributed by atoms with Crippen LogP contribution < -0.4 is 15.4 Å². The quantitative estimate of drug-likeness (QED) is 0.408. The highest BCUT2D eigenvalue weighted by Gasteiger charge is 2.35. The summed E-state index contributed by atoms with van der Waals surface area (Å²) in [5, 5.41) is 5.73. The van der Waals surface area contributed by atoms with Crippen molar-refractivity contribution in [3.05, 3.63) is 65.9 Å². The predicted octanol–water partition coefficient (Wildman–Crippen LogP) is 7.07. The zero-order valence-corrected chi connectivity index (χ0v) is 18.5. The van der Waals surface area contributed by atoms with Gasteiger partial charge in [-0.25, -0.2) is 4.98 Å². The fourth-order valence-electron chi connectivity index (χ4n) is 2.95. The van der Waals surface area contributed by atoms with Crippen LogP contribution in [0.25, 0.3) is 0 Å². The van der Waals surface area contributed by atoms with Crippen LogP contribution in [-0.4, -0.2) is 16.6 Å². The van der Waals surface area contributed by atoms with E-state index in [-0.39, 0.29) is 17.2 Å². The maximum absolute atomic E-state index is 13.5. The molecular formula is C24H27F3N4O. The summed E-state index contributed by atoms with van der Waals surface area (Å²) in [7, 11) is 0. The van der Waals surface area contributed by atoms with Gasteiger partial charge in [-0.1, -0.05) is 45.9 Å². The van der Waals surface area contributed by atoms with Gasteiger partial charge < -0.3 is 15.4 Å². The van der Waals surface area contributed by atoms with Crippen molar-refractivity contribution in [3.8, 4) is 5.75 Å². The molecule has 8 heteroatoms. The molecule has 1 heterocycles. The Morgan fingerprint density at radius 1 is 0.938 bits per heavy atom. The third kappa shape index (κ3) is 6.12. The van der Waals surface area contributed by atoms with Gasteiger partial charge in [-0.2, -0.15) is 18.2 Å². The normalized spacial score (nSPS) is 11.8. The molecule has 0 aliphatic rings. The van der Waals surface area contributed by atoms with Gasteiger partial charge in [0.05, 0.1) is 6.61 Å². The number of hydrogen-bond donors (Lipinski definition) is 2. The molecule has 0 radical (unpaired) electrons. The maximum atomic E-state index is 13.5. The van der Waals surface area contributed by atoms with Crippen molar-refractivity contribution in [2.24, 2.45) is 0 Å². The smallest absolute Gasteiger partial charge is 0.421 e. The fourth-order valence-corrected chi connectivity index (χ4v) is 2.95. The lowest BCUT2D eigenvalue weighted by Gasteiger charge is -2.19. The minimum absolute atomic E-state index is 0.00411. The summed E-state index contributed by atoms with van der Waals surface area (Å²) >= 11 is 0. The van der Waals surface area contributed by atoms with Crippen LogP contribution in [0.1, 0.15) is 45.2 Å². The van der Waals surface area contributed by atoms with E-state index in [9.17, 15) is 13.2 Å². The van der Waals surface area contributed by atoms with Crippen LogP contribution in [0.5, 0.6) is 5.75 Å². The number of anilines is 4. The van der Waals surface area contributed by atoms with E-state index in [0.29, 0.717) is 23.7 Å². The lowest BCUT2D eigenvalue weighted by molar-refractivity contribution is -0.137. The lowest BCUT2D eigenvalue weighted by atomic mass is 9.87. The van der Waals surface area contributed by atoms with E-state index in [2.05, 4.69) is 41.4 Å². The first-order valence-electron chi connectivity index (χ1n) is 10.4. The summed E-state index contributed by atoms with van der Waals surface area (Å²) in [5.74, 6) is 0.285. The molecule has 0 saturated carbocycles. The van der Waals surface area contributed by atoms with Gasteiger partial charge in [-0.15, -0.1) is 0 Å². The maximum Gasteiger partial charge on any atom is 0.421 e. The summed E-state index contributed by atoms with van der Waals surface area (Å²) in [6, 6.07) is 14.4. The van der Waals surface area contributed by atoms with Crippen LogP contribution in [0, 0.1) is 0 Å². The van der Waals surface area contributed by atoms with Crippen molar-refractivity contribution in [3.63, 3.8) is 0 Å². The highest BCUT2D eigenvalue weighted by Crippen LogP contribution is 2.36. The Morgan fingerprint density at radius 3 is 2.28 bits per heavy atom. The van der Waals surface area contributed by atoms with Gasteiger partial charge >= 0.3 is 6.18 Å². The van der Waals surface area contributed by atoms with E-state index in [1.165, 1.54) is 0 Å². The van der Waals surface area contributed by atoms with Gasteiger partial charge in [-0.05, 0) is 41.7 Å². The molecular weight excluding hydrogens is 417 g/mol. The van der Waals surface area contributed by atoms with Crippen LogP contribution in [0.3, 0.4) is 0 Å². The molecule has 170 valence electrons. The molecule has 2 N–H and O–H groups in total. The highest BCUT2D eigenvalue weighted by atomic mass is 19.4. The molecule has 0 fully saturated rings. The molecule has 1 aromatic heterocycles. The van der Waals surface area contributed by atoms with E-state index in [4.69, 9.17) is 4.74 Å². The molecule has 32 heavy (non-hydrogen) atoms. The standard InChI is InChI=1S/C24H27F3N4O/c1-5-13-32-19-8-6-7-18(14-19)29-21-20(24(25,26)27)15-28-22(31-21)30-17-11-9-16(10-12-17)23(2,3)4/h6-12,14-15H,5,13H2,1-4H3,(H2,28,29,30,31).